The number of para-hydroxylation sites is 1. The molecule has 1 spiro atoms. The predicted molar refractivity (Wildman–Crippen MR) is 117 cm³/mol. The SMILES string of the molecule is ClC1c2nnc(N3CCN(c4ccccn4)CC3)n2-c2ccccc2CC12OCCO2. The van der Waals surface area contributed by atoms with Crippen LogP contribution in [0.3, 0.4) is 0 Å². The van der Waals surface area contributed by atoms with Crippen molar-refractivity contribution in [2.75, 3.05) is 49.2 Å². The molecule has 0 bridgehead atoms. The van der Waals surface area contributed by atoms with Crippen molar-refractivity contribution >= 4 is 23.4 Å². The van der Waals surface area contributed by atoms with Crippen molar-refractivity contribution in [3.63, 3.8) is 0 Å². The second-order valence-electron chi connectivity index (χ2n) is 8.03. The standard InChI is InChI=1S/C22H23ClN6O2/c23-19-20-25-26-21(28-11-9-27(10-12-28)18-7-3-4-8-24-18)29(20)17-6-2-1-5-16(17)15-22(19)30-13-14-31-22/h1-8,19H,9-15H2. The molecule has 1 aromatic carbocycles. The van der Waals surface area contributed by atoms with Gasteiger partial charge in [0.1, 0.15) is 11.2 Å². The normalized spacial score (nSPS) is 22.3. The molecule has 1 unspecified atom stereocenters. The zero-order chi connectivity index (χ0) is 20.8. The number of halogens is 1. The first-order valence-electron chi connectivity index (χ1n) is 10.6. The lowest BCUT2D eigenvalue weighted by molar-refractivity contribution is -0.159. The monoisotopic (exact) mass is 438 g/mol. The number of fused-ring (bicyclic) bond motifs is 3. The lowest BCUT2D eigenvalue weighted by Crippen LogP contribution is -2.47. The quantitative estimate of drug-likeness (QED) is 0.569. The number of hydrogen-bond acceptors (Lipinski definition) is 7. The van der Waals surface area contributed by atoms with Crippen LogP contribution in [0.2, 0.25) is 0 Å². The Morgan fingerprint density at radius 2 is 1.65 bits per heavy atom. The van der Waals surface area contributed by atoms with Crippen LogP contribution in [0.25, 0.3) is 5.69 Å². The molecule has 0 N–H and O–H groups in total. The molecule has 3 aliphatic rings. The van der Waals surface area contributed by atoms with Gasteiger partial charge in [-0.25, -0.2) is 4.98 Å². The molecule has 2 fully saturated rings. The average molecular weight is 439 g/mol. The Bertz CT molecular complexity index is 1080. The Morgan fingerprint density at radius 3 is 2.42 bits per heavy atom. The topological polar surface area (TPSA) is 68.5 Å². The van der Waals surface area contributed by atoms with Crippen LogP contribution in [0.1, 0.15) is 16.8 Å². The summed E-state index contributed by atoms with van der Waals surface area (Å²) in [6, 6.07) is 14.3. The molecule has 2 aromatic heterocycles. The predicted octanol–water partition coefficient (Wildman–Crippen LogP) is 2.57. The summed E-state index contributed by atoms with van der Waals surface area (Å²) < 4.78 is 14.2. The molecule has 1 atom stereocenters. The Morgan fingerprint density at radius 1 is 0.903 bits per heavy atom. The van der Waals surface area contributed by atoms with Crippen molar-refractivity contribution in [2.45, 2.75) is 17.6 Å². The molecule has 2 saturated heterocycles. The number of rotatable bonds is 2. The Kier molecular flexibility index (Phi) is 4.59. The van der Waals surface area contributed by atoms with Crippen LogP contribution < -0.4 is 9.80 Å². The van der Waals surface area contributed by atoms with Crippen LogP contribution in [0.5, 0.6) is 0 Å². The molecular weight excluding hydrogens is 416 g/mol. The maximum absolute atomic E-state index is 6.95. The van der Waals surface area contributed by atoms with Gasteiger partial charge in [-0.2, -0.15) is 0 Å². The summed E-state index contributed by atoms with van der Waals surface area (Å²) in [6.07, 6.45) is 2.41. The third-order valence-electron chi connectivity index (χ3n) is 6.27. The minimum atomic E-state index is -0.909. The van der Waals surface area contributed by atoms with Gasteiger partial charge in [-0.05, 0) is 23.8 Å². The number of pyridine rings is 1. The van der Waals surface area contributed by atoms with Crippen molar-refractivity contribution in [3.8, 4) is 5.69 Å². The van der Waals surface area contributed by atoms with Gasteiger partial charge in [0.15, 0.2) is 11.6 Å². The second-order valence-corrected chi connectivity index (χ2v) is 8.47. The fraction of sp³-hybridized carbons (Fsp3) is 0.409. The summed E-state index contributed by atoms with van der Waals surface area (Å²) in [7, 11) is 0. The third kappa shape index (κ3) is 3.09. The summed E-state index contributed by atoms with van der Waals surface area (Å²) >= 11 is 6.95. The minimum absolute atomic E-state index is 0.530. The molecule has 8 nitrogen and oxygen atoms in total. The number of aromatic nitrogens is 4. The van der Waals surface area contributed by atoms with Crippen molar-refractivity contribution in [1.82, 2.24) is 19.7 Å². The molecule has 3 aromatic rings. The zero-order valence-corrected chi connectivity index (χ0v) is 17.8. The summed E-state index contributed by atoms with van der Waals surface area (Å²) in [5.41, 5.74) is 2.15. The number of benzene rings is 1. The molecule has 6 rings (SSSR count). The van der Waals surface area contributed by atoms with Crippen molar-refractivity contribution in [1.29, 1.82) is 0 Å². The number of nitrogens with zero attached hydrogens (tertiary/aromatic N) is 6. The first-order valence-corrected chi connectivity index (χ1v) is 11.1. The lowest BCUT2D eigenvalue weighted by atomic mass is 10.0. The van der Waals surface area contributed by atoms with Crippen LogP contribution in [0.4, 0.5) is 11.8 Å². The number of hydrogen-bond donors (Lipinski definition) is 0. The van der Waals surface area contributed by atoms with E-state index in [9.17, 15) is 0 Å². The maximum Gasteiger partial charge on any atom is 0.232 e. The number of piperazine rings is 1. The molecule has 31 heavy (non-hydrogen) atoms. The molecule has 0 saturated carbocycles. The highest BCUT2D eigenvalue weighted by atomic mass is 35.5. The van der Waals surface area contributed by atoms with Gasteiger partial charge in [0.25, 0.3) is 0 Å². The molecule has 9 heteroatoms. The van der Waals surface area contributed by atoms with Crippen LogP contribution in [0, 0.1) is 0 Å². The highest BCUT2D eigenvalue weighted by molar-refractivity contribution is 6.21. The fourth-order valence-corrected chi connectivity index (χ4v) is 5.06. The Hall–Kier alpha value is -2.68. The van der Waals surface area contributed by atoms with Gasteiger partial charge in [-0.15, -0.1) is 21.8 Å². The Balaban J connectivity index is 1.36. The van der Waals surface area contributed by atoms with Gasteiger partial charge >= 0.3 is 0 Å². The molecule has 0 aliphatic carbocycles. The average Bonchev–Trinajstić information content (AvgIpc) is 3.46. The molecular formula is C22H23ClN6O2. The first kappa shape index (κ1) is 19.0. The summed E-state index contributed by atoms with van der Waals surface area (Å²) in [5.74, 6) is 1.57. The van der Waals surface area contributed by atoms with E-state index in [-0.39, 0.29) is 0 Å². The number of ether oxygens (including phenoxy) is 2. The molecule has 5 heterocycles. The van der Waals surface area contributed by atoms with Gasteiger partial charge in [0, 0.05) is 38.8 Å². The van der Waals surface area contributed by atoms with E-state index in [2.05, 4.69) is 41.7 Å². The molecule has 0 amide bonds. The van der Waals surface area contributed by atoms with E-state index in [1.54, 1.807) is 0 Å². The van der Waals surface area contributed by atoms with E-state index in [0.29, 0.717) is 25.5 Å². The van der Waals surface area contributed by atoms with Gasteiger partial charge < -0.3 is 19.3 Å². The first-order chi connectivity index (χ1) is 15.3. The van der Waals surface area contributed by atoms with Gasteiger partial charge in [-0.1, -0.05) is 24.3 Å². The summed E-state index contributed by atoms with van der Waals surface area (Å²) in [4.78, 5) is 9.05. The summed E-state index contributed by atoms with van der Waals surface area (Å²) in [6.45, 7) is 4.43. The van der Waals surface area contributed by atoms with E-state index in [1.165, 1.54) is 0 Å². The maximum atomic E-state index is 6.95. The van der Waals surface area contributed by atoms with Crippen LogP contribution >= 0.6 is 11.6 Å². The molecule has 0 radical (unpaired) electrons. The lowest BCUT2D eigenvalue weighted by Gasteiger charge is -2.36. The van der Waals surface area contributed by atoms with Crippen molar-refractivity contribution in [2.24, 2.45) is 0 Å². The second kappa shape index (κ2) is 7.47. The summed E-state index contributed by atoms with van der Waals surface area (Å²) in [5, 5.41) is 8.54. The van der Waals surface area contributed by atoms with E-state index >= 15 is 0 Å². The number of anilines is 2. The Labute approximate surface area is 185 Å². The van der Waals surface area contributed by atoms with Crippen molar-refractivity contribution < 1.29 is 9.47 Å². The van der Waals surface area contributed by atoms with Crippen LogP contribution in [0.15, 0.2) is 48.7 Å². The largest absolute Gasteiger partial charge is 0.353 e. The third-order valence-corrected chi connectivity index (χ3v) is 6.79. The highest BCUT2D eigenvalue weighted by Crippen LogP contribution is 2.45. The number of alkyl halides is 1. The van der Waals surface area contributed by atoms with Gasteiger partial charge in [0.05, 0.1) is 18.9 Å². The van der Waals surface area contributed by atoms with E-state index in [4.69, 9.17) is 21.1 Å². The van der Waals surface area contributed by atoms with Gasteiger partial charge in [0.2, 0.25) is 5.95 Å². The smallest absolute Gasteiger partial charge is 0.232 e. The van der Waals surface area contributed by atoms with Gasteiger partial charge in [-0.3, -0.25) is 4.57 Å². The zero-order valence-electron chi connectivity index (χ0n) is 17.0. The highest BCUT2D eigenvalue weighted by Gasteiger charge is 2.49. The van der Waals surface area contributed by atoms with Crippen LogP contribution in [-0.2, 0) is 15.9 Å². The van der Waals surface area contributed by atoms with E-state index < -0.39 is 11.2 Å². The van der Waals surface area contributed by atoms with Crippen molar-refractivity contribution in [3.05, 3.63) is 60.0 Å². The fourth-order valence-electron chi connectivity index (χ4n) is 4.71. The van der Waals surface area contributed by atoms with Crippen LogP contribution in [-0.4, -0.2) is 64.9 Å². The van der Waals surface area contributed by atoms with E-state index in [0.717, 1.165) is 49.2 Å². The minimum Gasteiger partial charge on any atom is -0.353 e. The molecule has 3 aliphatic heterocycles. The van der Waals surface area contributed by atoms with E-state index in [1.807, 2.05) is 36.5 Å². The molecule has 160 valence electrons.